The second-order valence-corrected chi connectivity index (χ2v) is 31.9. The Labute approximate surface area is 709 Å². The summed E-state index contributed by atoms with van der Waals surface area (Å²) in [4.78, 5) is 30.2. The van der Waals surface area contributed by atoms with Gasteiger partial charge in [0.1, 0.15) is 22.3 Å². The number of hydrogen-bond donors (Lipinski definition) is 0. The fourth-order valence-electron chi connectivity index (χ4n) is 19.0. The molecule has 10 nitrogen and oxygen atoms in total. The van der Waals surface area contributed by atoms with Gasteiger partial charge in [-0.1, -0.05) is 303 Å². The summed E-state index contributed by atoms with van der Waals surface area (Å²) >= 11 is 0. The van der Waals surface area contributed by atoms with Crippen LogP contribution in [0.1, 0.15) is 0 Å². The van der Waals surface area contributed by atoms with Crippen LogP contribution in [0.4, 0.5) is 0 Å². The van der Waals surface area contributed by atoms with Gasteiger partial charge in [-0.05, 0) is 196 Å². The van der Waals surface area contributed by atoms with Crippen molar-refractivity contribution in [3.8, 4) is 102 Å². The SMILES string of the molecule is c1ccc(-c2nc(-c3ccccc3)nc(-c3ccc4c5ccc(-n6c7ccccc7c7cc(-c8ccc9oc%10ccccc%10c9c8)ccc76)cc5c5ccccc5c4c3)n2)cc1.c1ccc(-c2nc(-c3ccccc3)nc(-c3ccc4c5ccccc5c5ccc(-n6c7ccccc7c7cc(-c8ccc9oc%10ccccc%10c9c8)ccc76)cc5c4c3)n2)cc1. The smallest absolute Gasteiger partial charge is 0.164 e. The van der Waals surface area contributed by atoms with Crippen molar-refractivity contribution in [1.82, 2.24) is 39.0 Å². The van der Waals surface area contributed by atoms with E-state index in [2.05, 4.69) is 276 Å². The van der Waals surface area contributed by atoms with Gasteiger partial charge in [0.15, 0.2) is 34.9 Å². The molecule has 0 atom stereocenters. The summed E-state index contributed by atoms with van der Waals surface area (Å²) in [6.07, 6.45) is 0. The molecule has 0 aliphatic rings. The lowest BCUT2D eigenvalue weighted by atomic mass is 9.93. The summed E-state index contributed by atoms with van der Waals surface area (Å²) in [6.45, 7) is 0. The number of aromatic nitrogens is 8. The predicted octanol–water partition coefficient (Wildman–Crippen LogP) is 30.0. The van der Waals surface area contributed by atoms with Crippen molar-refractivity contribution >= 4 is 152 Å². The zero-order valence-electron chi connectivity index (χ0n) is 66.7. The lowest BCUT2D eigenvalue weighted by Gasteiger charge is -2.15. The minimum absolute atomic E-state index is 0.635. The van der Waals surface area contributed by atoms with Crippen LogP contribution < -0.4 is 0 Å². The molecule has 0 N–H and O–H groups in total. The Morgan fingerprint density at radius 3 is 0.750 bits per heavy atom. The first-order chi connectivity index (χ1) is 61.4. The van der Waals surface area contributed by atoms with Gasteiger partial charge in [0.05, 0.1) is 22.1 Å². The first-order valence-electron chi connectivity index (χ1n) is 41.9. The molecule has 0 fully saturated rings. The van der Waals surface area contributed by atoms with Crippen LogP contribution in [-0.2, 0) is 0 Å². The molecule has 0 saturated carbocycles. The molecular formula is C114H68N8O2. The molecule has 0 spiro atoms. The monoisotopic (exact) mass is 1580 g/mol. The van der Waals surface area contributed by atoms with Crippen molar-refractivity contribution in [3.63, 3.8) is 0 Å². The number of furan rings is 2. The number of rotatable bonds is 10. The van der Waals surface area contributed by atoms with Gasteiger partial charge in [-0.3, -0.25) is 0 Å². The van der Waals surface area contributed by atoms with E-state index in [1.807, 2.05) is 146 Å². The second-order valence-electron chi connectivity index (χ2n) is 31.9. The Kier molecular flexibility index (Phi) is 16.1. The fraction of sp³-hybridized carbons (Fsp3) is 0. The van der Waals surface area contributed by atoms with Gasteiger partial charge in [0, 0.05) is 87.8 Å². The molecule has 124 heavy (non-hydrogen) atoms. The first-order valence-corrected chi connectivity index (χ1v) is 41.9. The number of para-hydroxylation sites is 4. The molecule has 0 aliphatic carbocycles. The van der Waals surface area contributed by atoms with Crippen LogP contribution in [0.15, 0.2) is 421 Å². The maximum atomic E-state index is 6.16. The van der Waals surface area contributed by atoms with Crippen LogP contribution in [0.5, 0.6) is 0 Å². The van der Waals surface area contributed by atoms with Crippen LogP contribution in [0.2, 0.25) is 0 Å². The minimum atomic E-state index is 0.635. The number of fused-ring (bicyclic) bond motifs is 24. The van der Waals surface area contributed by atoms with E-state index in [9.17, 15) is 0 Å². The van der Waals surface area contributed by atoms with E-state index < -0.39 is 0 Å². The molecule has 26 aromatic rings. The molecule has 576 valence electrons. The Morgan fingerprint density at radius 1 is 0.137 bits per heavy atom. The quantitative estimate of drug-likeness (QED) is 0.124. The van der Waals surface area contributed by atoms with Crippen LogP contribution >= 0.6 is 0 Å². The normalized spacial score (nSPS) is 11.9. The van der Waals surface area contributed by atoms with E-state index in [-0.39, 0.29) is 0 Å². The topological polar surface area (TPSA) is 113 Å². The average molecular weight is 1580 g/mol. The molecule has 0 saturated heterocycles. The summed E-state index contributed by atoms with van der Waals surface area (Å²) in [5.41, 5.74) is 20.8. The highest BCUT2D eigenvalue weighted by molar-refractivity contribution is 6.28. The van der Waals surface area contributed by atoms with Gasteiger partial charge in [-0.2, -0.15) is 0 Å². The van der Waals surface area contributed by atoms with E-state index in [1.165, 1.54) is 103 Å². The number of benzene rings is 20. The van der Waals surface area contributed by atoms with E-state index in [1.54, 1.807) is 0 Å². The third-order valence-corrected chi connectivity index (χ3v) is 24.8. The Bertz CT molecular complexity index is 8730. The maximum absolute atomic E-state index is 6.16. The second kappa shape index (κ2) is 28.5. The Morgan fingerprint density at radius 2 is 0.371 bits per heavy atom. The van der Waals surface area contributed by atoms with Gasteiger partial charge in [-0.25, -0.2) is 29.9 Å². The minimum Gasteiger partial charge on any atom is -0.456 e. The van der Waals surface area contributed by atoms with Crippen LogP contribution in [0.3, 0.4) is 0 Å². The lowest BCUT2D eigenvalue weighted by Crippen LogP contribution is -2.00. The molecule has 6 heterocycles. The van der Waals surface area contributed by atoms with Crippen LogP contribution in [-0.4, -0.2) is 39.0 Å². The van der Waals surface area contributed by atoms with Crippen LogP contribution in [0, 0.1) is 0 Å². The molecular weight excluding hydrogens is 1510 g/mol. The highest BCUT2D eigenvalue weighted by atomic mass is 16.3. The van der Waals surface area contributed by atoms with Crippen molar-refractivity contribution in [3.05, 3.63) is 413 Å². The van der Waals surface area contributed by atoms with Crippen molar-refractivity contribution in [2.24, 2.45) is 0 Å². The molecule has 0 unspecified atom stereocenters. The highest BCUT2D eigenvalue weighted by Crippen LogP contribution is 2.46. The van der Waals surface area contributed by atoms with E-state index in [0.29, 0.717) is 34.9 Å². The van der Waals surface area contributed by atoms with Crippen molar-refractivity contribution in [1.29, 1.82) is 0 Å². The zero-order valence-corrected chi connectivity index (χ0v) is 66.7. The molecule has 0 amide bonds. The van der Waals surface area contributed by atoms with Crippen LogP contribution in [0.25, 0.3) is 254 Å². The molecule has 0 aliphatic heterocycles. The summed E-state index contributed by atoms with van der Waals surface area (Å²) in [6, 6.07) is 146. The highest BCUT2D eigenvalue weighted by Gasteiger charge is 2.23. The summed E-state index contributed by atoms with van der Waals surface area (Å²) in [7, 11) is 0. The van der Waals surface area contributed by atoms with Gasteiger partial charge in [0.2, 0.25) is 0 Å². The van der Waals surface area contributed by atoms with Gasteiger partial charge in [0.25, 0.3) is 0 Å². The van der Waals surface area contributed by atoms with E-state index in [4.69, 9.17) is 38.7 Å². The van der Waals surface area contributed by atoms with Crippen molar-refractivity contribution < 1.29 is 8.83 Å². The van der Waals surface area contributed by atoms with E-state index >= 15 is 0 Å². The molecule has 20 aromatic carbocycles. The van der Waals surface area contributed by atoms with Gasteiger partial charge in [-0.15, -0.1) is 0 Å². The molecule has 0 radical (unpaired) electrons. The van der Waals surface area contributed by atoms with E-state index in [0.717, 1.165) is 116 Å². The summed E-state index contributed by atoms with van der Waals surface area (Å²) < 4.78 is 17.1. The average Bonchev–Trinajstić information content (AvgIpc) is 1.37. The third kappa shape index (κ3) is 11.6. The molecule has 26 rings (SSSR count). The standard InChI is InChI=1S/2C57H34N4O/c1-3-13-35(14-4-1)55-58-56(36-15-5-2-6-16-36)60-57(59-55)39-23-27-43-44-28-26-40(34-48(44)42-18-8-7-17-41(42)47(43)33-39)61-51-21-11-9-19-45(51)49-31-37(24-29-52(49)61)38-25-30-54-50(32-38)46-20-10-12-22-53(46)62-54;1-3-13-35(14-4-1)55-58-56(36-15-5-2-6-16-36)60-57(59-55)39-23-27-43-41-17-7-8-18-42(41)44-28-26-40(34-48(44)47(43)33-39)61-51-21-11-9-19-45(51)49-31-37(24-29-52(49)61)38-25-30-54-50(32-38)46-20-10-12-22-53(46)62-54/h2*1-34H. The molecule has 6 aromatic heterocycles. The molecule has 0 bridgehead atoms. The van der Waals surface area contributed by atoms with Gasteiger partial charge >= 0.3 is 0 Å². The predicted molar refractivity (Wildman–Crippen MR) is 511 cm³/mol. The lowest BCUT2D eigenvalue weighted by molar-refractivity contribution is 0.668. The summed E-state index contributed by atoms with van der Waals surface area (Å²) in [5, 5.41) is 23.7. The fourth-order valence-corrected chi connectivity index (χ4v) is 19.0. The molecule has 10 heteroatoms. The van der Waals surface area contributed by atoms with Crippen molar-refractivity contribution in [2.75, 3.05) is 0 Å². The maximum Gasteiger partial charge on any atom is 0.164 e. The first kappa shape index (κ1) is 70.2. The largest absolute Gasteiger partial charge is 0.456 e. The zero-order chi connectivity index (χ0) is 81.5. The summed E-state index contributed by atoms with van der Waals surface area (Å²) in [5.74, 6) is 3.86. The number of nitrogens with zero attached hydrogens (tertiary/aromatic N) is 8. The Hall–Kier alpha value is -16.8. The van der Waals surface area contributed by atoms with Gasteiger partial charge < -0.3 is 18.0 Å². The van der Waals surface area contributed by atoms with Crippen molar-refractivity contribution in [2.45, 2.75) is 0 Å². The third-order valence-electron chi connectivity index (χ3n) is 24.8. The number of hydrogen-bond acceptors (Lipinski definition) is 8. The Balaban J connectivity index is 0.000000136.